The van der Waals surface area contributed by atoms with Crippen molar-refractivity contribution in [3.63, 3.8) is 0 Å². The molecule has 0 bridgehead atoms. The number of nitrogens with zero attached hydrogens (tertiary/aromatic N) is 4. The lowest BCUT2D eigenvalue weighted by Gasteiger charge is -2.12. The molecule has 3 heterocycles. The predicted octanol–water partition coefficient (Wildman–Crippen LogP) is 8.71. The second-order valence-electron chi connectivity index (χ2n) is 10.5. The van der Waals surface area contributed by atoms with Crippen molar-refractivity contribution < 1.29 is 5.11 Å². The van der Waals surface area contributed by atoms with Crippen LogP contribution in [0.3, 0.4) is 0 Å². The first kappa shape index (κ1) is 25.4. The highest BCUT2D eigenvalue weighted by Crippen LogP contribution is 2.38. The quantitative estimate of drug-likeness (QED) is 0.235. The van der Waals surface area contributed by atoms with Crippen LogP contribution in [-0.2, 0) is 7.05 Å². The summed E-state index contributed by atoms with van der Waals surface area (Å²) in [6, 6.07) is 39.7. The molecule has 0 amide bonds. The Bertz CT molecular complexity index is 2060. The fourth-order valence-electron chi connectivity index (χ4n) is 5.55. The summed E-state index contributed by atoms with van der Waals surface area (Å²) in [5, 5.41) is 10.6. The Kier molecular flexibility index (Phi) is 6.32. The lowest BCUT2D eigenvalue weighted by molar-refractivity contribution is 0.473. The number of hydrogen-bond acceptors (Lipinski definition) is 4. The van der Waals surface area contributed by atoms with Crippen LogP contribution in [0.2, 0.25) is 0 Å². The van der Waals surface area contributed by atoms with Gasteiger partial charge in [-0.1, -0.05) is 72.8 Å². The first-order valence-corrected chi connectivity index (χ1v) is 13.9. The third-order valence-corrected chi connectivity index (χ3v) is 7.69. The van der Waals surface area contributed by atoms with Gasteiger partial charge in [0.25, 0.3) is 0 Å². The number of aryl methyl sites for hydroxylation is 2. The van der Waals surface area contributed by atoms with Gasteiger partial charge < -0.3 is 9.67 Å². The highest BCUT2D eigenvalue weighted by atomic mass is 16.3. The van der Waals surface area contributed by atoms with Crippen LogP contribution in [0.25, 0.3) is 67.1 Å². The molecule has 0 aliphatic carbocycles. The number of rotatable bonds is 5. The fourth-order valence-corrected chi connectivity index (χ4v) is 5.55. The van der Waals surface area contributed by atoms with Crippen molar-refractivity contribution in [1.29, 1.82) is 0 Å². The van der Waals surface area contributed by atoms with Gasteiger partial charge in [-0.2, -0.15) is 0 Å². The molecule has 42 heavy (non-hydrogen) atoms. The molecule has 1 N–H and O–H groups in total. The van der Waals surface area contributed by atoms with Gasteiger partial charge in [-0.25, -0.2) is 4.98 Å². The van der Waals surface area contributed by atoms with Gasteiger partial charge in [0.05, 0.1) is 28.5 Å². The SMILES string of the molecule is Cc1cc(-c2nc3c(-c4cc(-c5ccccc5)cc(-c5cc(-c6ccccc6)ccn5)c4)cccc3n2C)c(O)cn1. The molecule has 4 aromatic carbocycles. The molecule has 0 radical (unpaired) electrons. The lowest BCUT2D eigenvalue weighted by Crippen LogP contribution is -1.94. The smallest absolute Gasteiger partial charge is 0.144 e. The zero-order valence-corrected chi connectivity index (χ0v) is 23.4. The predicted molar refractivity (Wildman–Crippen MR) is 170 cm³/mol. The van der Waals surface area contributed by atoms with Crippen LogP contribution in [0.1, 0.15) is 5.69 Å². The highest BCUT2D eigenvalue weighted by molar-refractivity contribution is 5.96. The molecule has 0 atom stereocenters. The van der Waals surface area contributed by atoms with E-state index >= 15 is 0 Å². The number of aromatic nitrogens is 4. The molecule has 7 aromatic rings. The summed E-state index contributed by atoms with van der Waals surface area (Å²) in [5.74, 6) is 0.801. The van der Waals surface area contributed by atoms with Crippen LogP contribution in [-0.4, -0.2) is 24.6 Å². The minimum atomic E-state index is 0.110. The maximum atomic E-state index is 10.6. The van der Waals surface area contributed by atoms with Gasteiger partial charge in [-0.3, -0.25) is 9.97 Å². The van der Waals surface area contributed by atoms with Crippen molar-refractivity contribution in [2.45, 2.75) is 6.92 Å². The molecule has 0 aliphatic rings. The van der Waals surface area contributed by atoms with Crippen molar-refractivity contribution in [2.75, 3.05) is 0 Å². The Morgan fingerprint density at radius 2 is 1.29 bits per heavy atom. The summed E-state index contributed by atoms with van der Waals surface area (Å²) in [7, 11) is 1.98. The molecule has 5 heteroatoms. The number of para-hydroxylation sites is 1. The molecular formula is C37H28N4O. The van der Waals surface area contributed by atoms with Crippen LogP contribution >= 0.6 is 0 Å². The average molecular weight is 545 g/mol. The summed E-state index contributed by atoms with van der Waals surface area (Å²) in [4.78, 5) is 14.1. The topological polar surface area (TPSA) is 63.8 Å². The van der Waals surface area contributed by atoms with E-state index < -0.39 is 0 Å². The van der Waals surface area contributed by atoms with Gasteiger partial charge in [0.15, 0.2) is 0 Å². The third-order valence-electron chi connectivity index (χ3n) is 7.69. The van der Waals surface area contributed by atoms with Gasteiger partial charge in [0, 0.05) is 30.1 Å². The third kappa shape index (κ3) is 4.61. The van der Waals surface area contributed by atoms with Gasteiger partial charge in [-0.15, -0.1) is 0 Å². The number of hydrogen-bond donors (Lipinski definition) is 1. The molecule has 0 aliphatic heterocycles. The molecule has 7 rings (SSSR count). The molecule has 0 saturated carbocycles. The molecular weight excluding hydrogens is 516 g/mol. The number of aromatic hydroxyl groups is 1. The number of imidazole rings is 1. The zero-order valence-electron chi connectivity index (χ0n) is 23.4. The molecule has 0 spiro atoms. The highest BCUT2D eigenvalue weighted by Gasteiger charge is 2.18. The second kappa shape index (κ2) is 10.5. The van der Waals surface area contributed by atoms with E-state index in [1.165, 1.54) is 6.20 Å². The number of fused-ring (bicyclic) bond motifs is 1. The maximum absolute atomic E-state index is 10.6. The molecule has 202 valence electrons. The van der Waals surface area contributed by atoms with Crippen molar-refractivity contribution in [1.82, 2.24) is 19.5 Å². The second-order valence-corrected chi connectivity index (χ2v) is 10.5. The number of pyridine rings is 2. The minimum absolute atomic E-state index is 0.110. The Hall–Kier alpha value is -5.55. The number of benzene rings is 4. The fraction of sp³-hybridized carbons (Fsp3) is 0.0541. The van der Waals surface area contributed by atoms with Crippen LogP contribution < -0.4 is 0 Å². The molecule has 0 fully saturated rings. The van der Waals surface area contributed by atoms with E-state index in [-0.39, 0.29) is 5.75 Å². The summed E-state index contributed by atoms with van der Waals surface area (Å²) < 4.78 is 2.03. The first-order valence-electron chi connectivity index (χ1n) is 13.9. The van der Waals surface area contributed by atoms with E-state index in [4.69, 9.17) is 9.97 Å². The van der Waals surface area contributed by atoms with E-state index in [1.807, 2.05) is 49.0 Å². The Morgan fingerprint density at radius 3 is 2.05 bits per heavy atom. The Morgan fingerprint density at radius 1 is 0.595 bits per heavy atom. The van der Waals surface area contributed by atoms with Crippen molar-refractivity contribution in [3.8, 4) is 61.8 Å². The average Bonchev–Trinajstić information content (AvgIpc) is 3.39. The molecule has 0 unspecified atom stereocenters. The van der Waals surface area contributed by atoms with E-state index in [0.717, 1.165) is 61.4 Å². The summed E-state index contributed by atoms with van der Waals surface area (Å²) >= 11 is 0. The van der Waals surface area contributed by atoms with Gasteiger partial charge in [0.1, 0.15) is 11.6 Å². The van der Waals surface area contributed by atoms with Gasteiger partial charge in [-0.05, 0) is 77.2 Å². The van der Waals surface area contributed by atoms with Crippen molar-refractivity contribution >= 4 is 11.0 Å². The lowest BCUT2D eigenvalue weighted by atomic mass is 9.93. The zero-order chi connectivity index (χ0) is 28.6. The van der Waals surface area contributed by atoms with Crippen LogP contribution in [0, 0.1) is 6.92 Å². The van der Waals surface area contributed by atoms with Crippen molar-refractivity contribution in [2.24, 2.45) is 7.05 Å². The van der Waals surface area contributed by atoms with E-state index in [9.17, 15) is 5.11 Å². The van der Waals surface area contributed by atoms with E-state index in [0.29, 0.717) is 11.4 Å². The Labute approximate surface area is 244 Å². The van der Waals surface area contributed by atoms with Gasteiger partial charge in [0.2, 0.25) is 0 Å². The van der Waals surface area contributed by atoms with E-state index in [1.54, 1.807) is 0 Å². The van der Waals surface area contributed by atoms with Crippen molar-refractivity contribution in [3.05, 3.63) is 133 Å². The Balaban J connectivity index is 1.43. The van der Waals surface area contributed by atoms with E-state index in [2.05, 4.69) is 96.0 Å². The van der Waals surface area contributed by atoms with Crippen LogP contribution in [0.4, 0.5) is 0 Å². The van der Waals surface area contributed by atoms with Crippen LogP contribution in [0.15, 0.2) is 128 Å². The monoisotopic (exact) mass is 544 g/mol. The summed E-state index contributed by atoms with van der Waals surface area (Å²) in [6.07, 6.45) is 3.36. The molecule has 0 saturated heterocycles. The molecule has 3 aromatic heterocycles. The standard InChI is InChI=1S/C37H28N4O/c1-24-18-32(35(42)23-39-24)37-40-36-31(14-9-15-34(36)41(37)2)29-19-28(26-12-7-4-8-13-26)20-30(21-29)33-22-27(16-17-38-33)25-10-5-3-6-11-25/h3-23,42H,1-2H3. The minimum Gasteiger partial charge on any atom is -0.506 e. The van der Waals surface area contributed by atoms with Crippen LogP contribution in [0.5, 0.6) is 5.75 Å². The van der Waals surface area contributed by atoms with Gasteiger partial charge >= 0.3 is 0 Å². The largest absolute Gasteiger partial charge is 0.506 e. The normalized spacial score (nSPS) is 11.2. The summed E-state index contributed by atoms with van der Waals surface area (Å²) in [6.45, 7) is 1.91. The molecule has 5 nitrogen and oxygen atoms in total. The first-order chi connectivity index (χ1) is 20.5. The maximum Gasteiger partial charge on any atom is 0.144 e. The summed E-state index contributed by atoms with van der Waals surface area (Å²) in [5.41, 5.74) is 11.8.